The highest BCUT2D eigenvalue weighted by atomic mass is 19.1. The molecule has 3 aromatic rings. The highest BCUT2D eigenvalue weighted by molar-refractivity contribution is 5.79. The molecule has 0 aliphatic rings. The number of fused-ring (bicyclic) bond motifs is 1. The maximum atomic E-state index is 13.5. The van der Waals surface area contributed by atoms with Crippen LogP contribution in [0.3, 0.4) is 0 Å². The van der Waals surface area contributed by atoms with Crippen molar-refractivity contribution in [1.29, 1.82) is 0 Å². The van der Waals surface area contributed by atoms with Crippen molar-refractivity contribution in [2.75, 3.05) is 0 Å². The number of halogens is 1. The van der Waals surface area contributed by atoms with Gasteiger partial charge in [-0.2, -0.15) is 0 Å². The molecular formula is C20H19FN2O2. The van der Waals surface area contributed by atoms with Crippen LogP contribution >= 0.6 is 0 Å². The molecule has 128 valence electrons. The van der Waals surface area contributed by atoms with Gasteiger partial charge in [0.05, 0.1) is 0 Å². The number of aryl methyl sites for hydroxylation is 1. The van der Waals surface area contributed by atoms with E-state index in [4.69, 9.17) is 0 Å². The van der Waals surface area contributed by atoms with Crippen molar-refractivity contribution >= 4 is 16.8 Å². The Morgan fingerprint density at radius 1 is 1.04 bits per heavy atom. The molecule has 0 atom stereocenters. The Labute approximate surface area is 144 Å². The minimum absolute atomic E-state index is 0.149. The van der Waals surface area contributed by atoms with Gasteiger partial charge in [0.25, 0.3) is 5.56 Å². The average molecular weight is 338 g/mol. The maximum absolute atomic E-state index is 13.5. The van der Waals surface area contributed by atoms with Crippen molar-refractivity contribution in [3.8, 4) is 0 Å². The van der Waals surface area contributed by atoms with Gasteiger partial charge in [0.15, 0.2) is 0 Å². The van der Waals surface area contributed by atoms with Crippen molar-refractivity contribution < 1.29 is 9.18 Å². The smallest absolute Gasteiger partial charge is 0.253 e. The van der Waals surface area contributed by atoms with Crippen molar-refractivity contribution in [2.45, 2.75) is 25.8 Å². The number of rotatable bonds is 6. The molecule has 4 nitrogen and oxygen atoms in total. The summed E-state index contributed by atoms with van der Waals surface area (Å²) >= 11 is 0. The standard InChI is InChI=1S/C20H19FN2O2/c21-17-9-3-1-6-14(17)8-5-11-19(24)22-13-16-12-15-7-2-4-10-18(15)23-20(16)25/h1-4,6-7,9-10,12H,5,8,11,13H2,(H,22,24)(H,23,25). The Morgan fingerprint density at radius 3 is 2.64 bits per heavy atom. The molecule has 0 aliphatic carbocycles. The summed E-state index contributed by atoms with van der Waals surface area (Å²) in [5, 5.41) is 3.67. The van der Waals surface area contributed by atoms with E-state index in [-0.39, 0.29) is 23.8 Å². The van der Waals surface area contributed by atoms with E-state index in [1.807, 2.05) is 24.3 Å². The van der Waals surface area contributed by atoms with E-state index >= 15 is 0 Å². The van der Waals surface area contributed by atoms with Gasteiger partial charge in [-0.3, -0.25) is 9.59 Å². The molecular weight excluding hydrogens is 319 g/mol. The molecule has 0 radical (unpaired) electrons. The zero-order valence-electron chi connectivity index (χ0n) is 13.7. The molecule has 3 rings (SSSR count). The zero-order valence-corrected chi connectivity index (χ0v) is 13.7. The minimum Gasteiger partial charge on any atom is -0.352 e. The molecule has 2 N–H and O–H groups in total. The first kappa shape index (κ1) is 16.9. The number of nitrogens with one attached hydrogen (secondary N) is 2. The van der Waals surface area contributed by atoms with Crippen LogP contribution in [0.1, 0.15) is 24.0 Å². The van der Waals surface area contributed by atoms with Gasteiger partial charge in [-0.05, 0) is 42.0 Å². The summed E-state index contributed by atoms with van der Waals surface area (Å²) in [7, 11) is 0. The number of hydrogen-bond acceptors (Lipinski definition) is 2. The average Bonchev–Trinajstić information content (AvgIpc) is 2.61. The topological polar surface area (TPSA) is 62.0 Å². The second-order valence-corrected chi connectivity index (χ2v) is 5.93. The number of H-pyrrole nitrogens is 1. The van der Waals surface area contributed by atoms with E-state index in [2.05, 4.69) is 10.3 Å². The lowest BCUT2D eigenvalue weighted by atomic mass is 10.1. The highest BCUT2D eigenvalue weighted by Crippen LogP contribution is 2.11. The third kappa shape index (κ3) is 4.32. The second kappa shape index (κ2) is 7.75. The largest absolute Gasteiger partial charge is 0.352 e. The minimum atomic E-state index is -0.245. The van der Waals surface area contributed by atoms with Gasteiger partial charge < -0.3 is 10.3 Å². The van der Waals surface area contributed by atoms with E-state index in [0.717, 1.165) is 10.9 Å². The molecule has 0 saturated heterocycles. The van der Waals surface area contributed by atoms with Gasteiger partial charge in [-0.15, -0.1) is 0 Å². The first-order valence-corrected chi connectivity index (χ1v) is 8.24. The van der Waals surface area contributed by atoms with E-state index in [1.54, 1.807) is 24.3 Å². The molecule has 5 heteroatoms. The lowest BCUT2D eigenvalue weighted by Gasteiger charge is -2.07. The fourth-order valence-electron chi connectivity index (χ4n) is 2.75. The van der Waals surface area contributed by atoms with E-state index in [0.29, 0.717) is 30.4 Å². The molecule has 0 bridgehead atoms. The van der Waals surface area contributed by atoms with Gasteiger partial charge in [0.1, 0.15) is 5.82 Å². The number of aromatic amines is 1. The molecule has 0 saturated carbocycles. The number of para-hydroxylation sites is 1. The number of carbonyl (C=O) groups is 1. The molecule has 1 heterocycles. The van der Waals surface area contributed by atoms with Crippen molar-refractivity contribution in [3.05, 3.63) is 81.9 Å². The number of aromatic nitrogens is 1. The summed E-state index contributed by atoms with van der Waals surface area (Å²) in [6, 6.07) is 15.8. The molecule has 0 spiro atoms. The van der Waals surface area contributed by atoms with Crippen LogP contribution in [0.4, 0.5) is 4.39 Å². The summed E-state index contributed by atoms with van der Waals surface area (Å²) in [5.74, 6) is -0.394. The normalized spacial score (nSPS) is 10.8. The van der Waals surface area contributed by atoms with Crippen LogP contribution in [0.2, 0.25) is 0 Å². The Morgan fingerprint density at radius 2 is 1.80 bits per heavy atom. The molecule has 0 unspecified atom stereocenters. The molecule has 2 aromatic carbocycles. The van der Waals surface area contributed by atoms with Crippen molar-refractivity contribution in [1.82, 2.24) is 10.3 Å². The second-order valence-electron chi connectivity index (χ2n) is 5.93. The van der Waals surface area contributed by atoms with Gasteiger partial charge in [0.2, 0.25) is 5.91 Å². The number of amides is 1. The first-order chi connectivity index (χ1) is 12.1. The number of pyridine rings is 1. The van der Waals surface area contributed by atoms with Crippen molar-refractivity contribution in [2.24, 2.45) is 0 Å². The number of carbonyl (C=O) groups excluding carboxylic acids is 1. The van der Waals surface area contributed by atoms with Crippen LogP contribution in [0, 0.1) is 5.82 Å². The van der Waals surface area contributed by atoms with E-state index in [9.17, 15) is 14.0 Å². The third-order valence-corrected chi connectivity index (χ3v) is 4.11. The SMILES string of the molecule is O=C(CCCc1ccccc1F)NCc1cc2ccccc2[nH]c1=O. The van der Waals surface area contributed by atoms with E-state index < -0.39 is 0 Å². The summed E-state index contributed by atoms with van der Waals surface area (Å²) in [6.07, 6.45) is 1.36. The van der Waals surface area contributed by atoms with Crippen molar-refractivity contribution in [3.63, 3.8) is 0 Å². The Bertz CT molecular complexity index is 950. The number of benzene rings is 2. The third-order valence-electron chi connectivity index (χ3n) is 4.11. The van der Waals surface area contributed by atoms with Crippen LogP contribution < -0.4 is 10.9 Å². The summed E-state index contributed by atoms with van der Waals surface area (Å²) in [4.78, 5) is 26.8. The van der Waals surface area contributed by atoms with Gasteiger partial charge in [-0.25, -0.2) is 4.39 Å². The Hall–Kier alpha value is -2.95. The Balaban J connectivity index is 1.53. The highest BCUT2D eigenvalue weighted by Gasteiger charge is 2.07. The van der Waals surface area contributed by atoms with Crippen LogP contribution in [-0.4, -0.2) is 10.9 Å². The summed E-state index contributed by atoms with van der Waals surface area (Å²) in [5.41, 5.74) is 1.69. The quantitative estimate of drug-likeness (QED) is 0.724. The Kier molecular flexibility index (Phi) is 5.23. The van der Waals surface area contributed by atoms with Gasteiger partial charge in [-0.1, -0.05) is 36.4 Å². The lowest BCUT2D eigenvalue weighted by Crippen LogP contribution is -2.26. The fraction of sp³-hybridized carbons (Fsp3) is 0.200. The summed E-state index contributed by atoms with van der Waals surface area (Å²) < 4.78 is 13.5. The van der Waals surface area contributed by atoms with Gasteiger partial charge >= 0.3 is 0 Å². The first-order valence-electron chi connectivity index (χ1n) is 8.24. The lowest BCUT2D eigenvalue weighted by molar-refractivity contribution is -0.121. The zero-order chi connectivity index (χ0) is 17.6. The molecule has 1 aromatic heterocycles. The monoisotopic (exact) mass is 338 g/mol. The molecule has 0 fully saturated rings. The molecule has 1 amide bonds. The molecule has 25 heavy (non-hydrogen) atoms. The maximum Gasteiger partial charge on any atom is 0.253 e. The predicted molar refractivity (Wildman–Crippen MR) is 95.8 cm³/mol. The van der Waals surface area contributed by atoms with Crippen LogP contribution in [0.25, 0.3) is 10.9 Å². The number of hydrogen-bond donors (Lipinski definition) is 2. The fourth-order valence-corrected chi connectivity index (χ4v) is 2.75. The van der Waals surface area contributed by atoms with Crippen LogP contribution in [-0.2, 0) is 17.8 Å². The summed E-state index contributed by atoms with van der Waals surface area (Å²) in [6.45, 7) is 0.179. The molecule has 0 aliphatic heterocycles. The predicted octanol–water partition coefficient (Wildman–Crippen LogP) is 3.31. The van der Waals surface area contributed by atoms with Crippen LogP contribution in [0.5, 0.6) is 0 Å². The van der Waals surface area contributed by atoms with Gasteiger partial charge in [0, 0.05) is 24.0 Å². The van der Waals surface area contributed by atoms with Crippen LogP contribution in [0.15, 0.2) is 59.4 Å². The van der Waals surface area contributed by atoms with E-state index in [1.165, 1.54) is 6.07 Å².